The van der Waals surface area contributed by atoms with Gasteiger partial charge in [0.2, 0.25) is 11.7 Å². The fourth-order valence-electron chi connectivity index (χ4n) is 1.73. The quantitative estimate of drug-likeness (QED) is 0.825. The number of nitrogens with one attached hydrogen (secondary N) is 1. The standard InChI is InChI=1S/C15H20BrN3O2/c1-4-15-18-14(19-21-15)9-20-13-6-5-11(7-12(13)16)8-17-10(2)3/h5-7,10,17H,4,8-9H2,1-3H3. The van der Waals surface area contributed by atoms with E-state index in [0.29, 0.717) is 24.4 Å². The van der Waals surface area contributed by atoms with E-state index in [1.54, 1.807) is 0 Å². The van der Waals surface area contributed by atoms with E-state index in [9.17, 15) is 0 Å². The Bertz CT molecular complexity index is 584. The van der Waals surface area contributed by atoms with Gasteiger partial charge in [-0.2, -0.15) is 4.98 Å². The van der Waals surface area contributed by atoms with Gasteiger partial charge in [0.1, 0.15) is 5.75 Å². The molecule has 0 amide bonds. The maximum Gasteiger partial charge on any atom is 0.226 e. The number of halogens is 1. The lowest BCUT2D eigenvalue weighted by Gasteiger charge is -2.10. The van der Waals surface area contributed by atoms with Gasteiger partial charge in [-0.25, -0.2) is 0 Å². The van der Waals surface area contributed by atoms with Gasteiger partial charge < -0.3 is 14.6 Å². The predicted molar refractivity (Wildman–Crippen MR) is 84.1 cm³/mol. The third-order valence-electron chi connectivity index (χ3n) is 2.88. The number of hydrogen-bond acceptors (Lipinski definition) is 5. The molecule has 0 saturated heterocycles. The van der Waals surface area contributed by atoms with Gasteiger partial charge in [-0.1, -0.05) is 32.0 Å². The molecule has 0 spiro atoms. The SMILES string of the molecule is CCc1nc(COc2ccc(CNC(C)C)cc2Br)no1. The lowest BCUT2D eigenvalue weighted by molar-refractivity contribution is 0.283. The van der Waals surface area contributed by atoms with E-state index in [0.717, 1.165) is 23.2 Å². The third-order valence-corrected chi connectivity index (χ3v) is 3.50. The summed E-state index contributed by atoms with van der Waals surface area (Å²) in [5.74, 6) is 1.96. The third kappa shape index (κ3) is 4.82. The first kappa shape index (κ1) is 16.0. The Hall–Kier alpha value is -1.40. The molecule has 0 fully saturated rings. The van der Waals surface area contributed by atoms with Crippen molar-refractivity contribution >= 4 is 15.9 Å². The van der Waals surface area contributed by atoms with Crippen molar-refractivity contribution in [2.24, 2.45) is 0 Å². The van der Waals surface area contributed by atoms with E-state index in [4.69, 9.17) is 9.26 Å². The largest absolute Gasteiger partial charge is 0.484 e. The molecule has 0 radical (unpaired) electrons. The Morgan fingerprint density at radius 3 is 2.81 bits per heavy atom. The molecule has 0 aliphatic carbocycles. The minimum absolute atomic E-state index is 0.297. The van der Waals surface area contributed by atoms with Crippen molar-refractivity contribution in [3.05, 3.63) is 40.0 Å². The molecule has 0 unspecified atom stereocenters. The molecule has 5 nitrogen and oxygen atoms in total. The summed E-state index contributed by atoms with van der Waals surface area (Å²) in [6.07, 6.45) is 0.730. The van der Waals surface area contributed by atoms with E-state index in [2.05, 4.69) is 51.3 Å². The molecule has 0 bridgehead atoms. The summed E-state index contributed by atoms with van der Waals surface area (Å²) in [4.78, 5) is 4.21. The van der Waals surface area contributed by atoms with Crippen molar-refractivity contribution in [2.75, 3.05) is 0 Å². The molecule has 114 valence electrons. The van der Waals surface area contributed by atoms with Crippen molar-refractivity contribution in [3.63, 3.8) is 0 Å². The minimum atomic E-state index is 0.297. The molecule has 1 heterocycles. The van der Waals surface area contributed by atoms with Crippen molar-refractivity contribution in [2.45, 2.75) is 46.4 Å². The molecule has 0 aliphatic heterocycles. The van der Waals surface area contributed by atoms with Crippen LogP contribution >= 0.6 is 15.9 Å². The van der Waals surface area contributed by atoms with Crippen LogP contribution in [0.25, 0.3) is 0 Å². The van der Waals surface area contributed by atoms with Gasteiger partial charge in [-0.05, 0) is 33.6 Å². The van der Waals surface area contributed by atoms with E-state index in [1.807, 2.05) is 19.1 Å². The number of aryl methyl sites for hydroxylation is 1. The fourth-order valence-corrected chi connectivity index (χ4v) is 2.27. The molecule has 2 rings (SSSR count). The Kier molecular flexibility index (Phi) is 5.76. The Labute approximate surface area is 133 Å². The second-order valence-corrected chi connectivity index (χ2v) is 5.90. The molecule has 21 heavy (non-hydrogen) atoms. The van der Waals surface area contributed by atoms with Crippen LogP contribution in [0, 0.1) is 0 Å². The maximum atomic E-state index is 5.71. The van der Waals surface area contributed by atoms with E-state index in [-0.39, 0.29) is 0 Å². The summed E-state index contributed by atoms with van der Waals surface area (Å²) in [5.41, 5.74) is 1.20. The summed E-state index contributed by atoms with van der Waals surface area (Å²) in [7, 11) is 0. The van der Waals surface area contributed by atoms with Crippen LogP contribution < -0.4 is 10.1 Å². The topological polar surface area (TPSA) is 60.2 Å². The highest BCUT2D eigenvalue weighted by molar-refractivity contribution is 9.10. The Morgan fingerprint density at radius 2 is 2.19 bits per heavy atom. The summed E-state index contributed by atoms with van der Waals surface area (Å²) in [5, 5.41) is 7.24. The second kappa shape index (κ2) is 7.56. The first-order valence-electron chi connectivity index (χ1n) is 7.04. The molecular weight excluding hydrogens is 334 g/mol. The highest BCUT2D eigenvalue weighted by Gasteiger charge is 2.08. The predicted octanol–water partition coefficient (Wildman–Crippen LogP) is 3.47. The molecule has 1 aromatic heterocycles. The van der Waals surface area contributed by atoms with Gasteiger partial charge >= 0.3 is 0 Å². The highest BCUT2D eigenvalue weighted by Crippen LogP contribution is 2.26. The van der Waals surface area contributed by atoms with Gasteiger partial charge in [-0.15, -0.1) is 0 Å². The first-order valence-corrected chi connectivity index (χ1v) is 7.84. The average Bonchev–Trinajstić information content (AvgIpc) is 2.92. The number of benzene rings is 1. The minimum Gasteiger partial charge on any atom is -0.484 e. The van der Waals surface area contributed by atoms with Gasteiger partial charge in [0, 0.05) is 19.0 Å². The lowest BCUT2D eigenvalue weighted by Crippen LogP contribution is -2.21. The lowest BCUT2D eigenvalue weighted by atomic mass is 10.2. The van der Waals surface area contributed by atoms with E-state index in [1.165, 1.54) is 5.56 Å². The summed E-state index contributed by atoms with van der Waals surface area (Å²) in [6, 6.07) is 6.51. The first-order chi connectivity index (χ1) is 10.1. The smallest absolute Gasteiger partial charge is 0.226 e. The monoisotopic (exact) mass is 353 g/mol. The Morgan fingerprint density at radius 1 is 1.38 bits per heavy atom. The molecule has 1 aromatic carbocycles. The van der Waals surface area contributed by atoms with Crippen LogP contribution in [0.15, 0.2) is 27.2 Å². The van der Waals surface area contributed by atoms with Crippen molar-refractivity contribution in [1.29, 1.82) is 0 Å². The number of rotatable bonds is 7. The van der Waals surface area contributed by atoms with Gasteiger partial charge in [0.05, 0.1) is 4.47 Å². The van der Waals surface area contributed by atoms with Crippen molar-refractivity contribution in [3.8, 4) is 5.75 Å². The molecule has 0 saturated carbocycles. The van der Waals surface area contributed by atoms with E-state index >= 15 is 0 Å². The molecular formula is C15H20BrN3O2. The van der Waals surface area contributed by atoms with Gasteiger partial charge in [-0.3, -0.25) is 0 Å². The zero-order valence-corrected chi connectivity index (χ0v) is 14.1. The van der Waals surface area contributed by atoms with Gasteiger partial charge in [0.25, 0.3) is 0 Å². The van der Waals surface area contributed by atoms with Crippen LogP contribution in [0.2, 0.25) is 0 Å². The number of nitrogens with zero attached hydrogens (tertiary/aromatic N) is 2. The molecule has 0 atom stereocenters. The van der Waals surface area contributed by atoms with Crippen LogP contribution in [0.3, 0.4) is 0 Å². The van der Waals surface area contributed by atoms with Crippen LogP contribution in [-0.4, -0.2) is 16.2 Å². The molecule has 2 aromatic rings. The van der Waals surface area contributed by atoms with Crippen LogP contribution in [0.4, 0.5) is 0 Å². The Balaban J connectivity index is 1.94. The number of ether oxygens (including phenoxy) is 1. The summed E-state index contributed by atoms with van der Waals surface area (Å²) < 4.78 is 11.7. The van der Waals surface area contributed by atoms with Crippen LogP contribution in [0.1, 0.15) is 38.0 Å². The zero-order chi connectivity index (χ0) is 15.2. The summed E-state index contributed by atoms with van der Waals surface area (Å²) in [6.45, 7) is 7.36. The van der Waals surface area contributed by atoms with Crippen LogP contribution in [0.5, 0.6) is 5.75 Å². The number of aromatic nitrogens is 2. The maximum absolute atomic E-state index is 5.71. The molecule has 6 heteroatoms. The average molecular weight is 354 g/mol. The fraction of sp³-hybridized carbons (Fsp3) is 0.467. The molecule has 0 aliphatic rings. The summed E-state index contributed by atoms with van der Waals surface area (Å²) >= 11 is 3.53. The highest BCUT2D eigenvalue weighted by atomic mass is 79.9. The normalized spacial score (nSPS) is 11.1. The zero-order valence-electron chi connectivity index (χ0n) is 12.5. The van der Waals surface area contributed by atoms with Crippen molar-refractivity contribution < 1.29 is 9.26 Å². The van der Waals surface area contributed by atoms with Crippen molar-refractivity contribution in [1.82, 2.24) is 15.5 Å². The van der Waals surface area contributed by atoms with Crippen LogP contribution in [-0.2, 0) is 19.6 Å². The van der Waals surface area contributed by atoms with E-state index < -0.39 is 0 Å². The second-order valence-electron chi connectivity index (χ2n) is 5.05. The van der Waals surface area contributed by atoms with Gasteiger partial charge in [0.15, 0.2) is 6.61 Å². The number of hydrogen-bond donors (Lipinski definition) is 1. The molecule has 1 N–H and O–H groups in total.